The van der Waals surface area contributed by atoms with Crippen LogP contribution >= 0.6 is 0 Å². The van der Waals surface area contributed by atoms with Crippen molar-refractivity contribution in [1.29, 1.82) is 0 Å². The van der Waals surface area contributed by atoms with Gasteiger partial charge in [-0.2, -0.15) is 5.10 Å². The van der Waals surface area contributed by atoms with Crippen molar-refractivity contribution >= 4 is 0 Å². The first kappa shape index (κ1) is 12.8. The number of hydrogen-bond acceptors (Lipinski definition) is 4. The highest BCUT2D eigenvalue weighted by Crippen LogP contribution is 2.10. The van der Waals surface area contributed by atoms with Crippen LogP contribution in [0.25, 0.3) is 0 Å². The summed E-state index contributed by atoms with van der Waals surface area (Å²) >= 11 is 0. The van der Waals surface area contributed by atoms with E-state index in [9.17, 15) is 0 Å². The van der Waals surface area contributed by atoms with Crippen molar-refractivity contribution in [2.75, 3.05) is 6.54 Å². The summed E-state index contributed by atoms with van der Waals surface area (Å²) in [5.74, 6) is 2.62. The van der Waals surface area contributed by atoms with Crippen LogP contribution in [0.1, 0.15) is 36.3 Å². The molecular formula is C13H20N4O. The Labute approximate surface area is 107 Å². The van der Waals surface area contributed by atoms with Crippen molar-refractivity contribution < 1.29 is 4.42 Å². The number of aryl methyl sites for hydroxylation is 2. The zero-order chi connectivity index (χ0) is 13.0. The van der Waals surface area contributed by atoms with Crippen molar-refractivity contribution in [1.82, 2.24) is 20.1 Å². The van der Waals surface area contributed by atoms with Crippen molar-refractivity contribution in [2.24, 2.45) is 0 Å². The van der Waals surface area contributed by atoms with Crippen molar-refractivity contribution in [3.63, 3.8) is 0 Å². The normalized spacial score (nSPS) is 11.1. The fourth-order valence-corrected chi connectivity index (χ4v) is 1.87. The van der Waals surface area contributed by atoms with E-state index in [0.29, 0.717) is 6.54 Å². The predicted octanol–water partition coefficient (Wildman–Crippen LogP) is 2.04. The Kier molecular flexibility index (Phi) is 4.15. The number of furan rings is 1. The monoisotopic (exact) mass is 248 g/mol. The second-order valence-corrected chi connectivity index (χ2v) is 4.46. The summed E-state index contributed by atoms with van der Waals surface area (Å²) in [4.78, 5) is 4.27. The first-order chi connectivity index (χ1) is 8.69. The van der Waals surface area contributed by atoms with Gasteiger partial charge < -0.3 is 9.73 Å². The van der Waals surface area contributed by atoms with E-state index in [2.05, 4.69) is 28.4 Å². The van der Waals surface area contributed by atoms with Crippen LogP contribution in [0.2, 0.25) is 0 Å². The van der Waals surface area contributed by atoms with E-state index in [1.165, 1.54) is 5.56 Å². The molecule has 2 aromatic heterocycles. The van der Waals surface area contributed by atoms with Gasteiger partial charge >= 0.3 is 0 Å². The molecule has 2 heterocycles. The molecule has 0 fully saturated rings. The molecule has 5 heteroatoms. The van der Waals surface area contributed by atoms with E-state index in [1.54, 1.807) is 6.26 Å². The van der Waals surface area contributed by atoms with Gasteiger partial charge in [-0.3, -0.25) is 0 Å². The first-order valence-electron chi connectivity index (χ1n) is 6.34. The molecule has 98 valence electrons. The Balaban J connectivity index is 1.96. The van der Waals surface area contributed by atoms with Crippen molar-refractivity contribution in [3.05, 3.63) is 35.3 Å². The van der Waals surface area contributed by atoms with Crippen molar-refractivity contribution in [2.45, 2.75) is 40.3 Å². The zero-order valence-corrected chi connectivity index (χ0v) is 11.2. The van der Waals surface area contributed by atoms with E-state index >= 15 is 0 Å². The van der Waals surface area contributed by atoms with E-state index in [4.69, 9.17) is 4.42 Å². The van der Waals surface area contributed by atoms with Crippen LogP contribution in [-0.4, -0.2) is 21.3 Å². The summed E-state index contributed by atoms with van der Waals surface area (Å²) in [6.07, 6.45) is 2.94. The molecule has 0 unspecified atom stereocenters. The molecule has 0 saturated carbocycles. The Bertz CT molecular complexity index is 501. The van der Waals surface area contributed by atoms with Crippen LogP contribution in [0.15, 0.2) is 16.7 Å². The molecule has 1 N–H and O–H groups in total. The maximum absolute atomic E-state index is 5.53. The molecule has 0 aliphatic rings. The summed E-state index contributed by atoms with van der Waals surface area (Å²) in [6, 6.07) is 2.07. The molecule has 2 aromatic rings. The summed E-state index contributed by atoms with van der Waals surface area (Å²) in [5, 5.41) is 7.67. The summed E-state index contributed by atoms with van der Waals surface area (Å²) in [6.45, 7) is 8.52. The fourth-order valence-electron chi connectivity index (χ4n) is 1.87. The molecule has 0 aliphatic heterocycles. The van der Waals surface area contributed by atoms with Gasteiger partial charge in [-0.15, -0.1) is 0 Å². The second-order valence-electron chi connectivity index (χ2n) is 4.46. The lowest BCUT2D eigenvalue weighted by Gasteiger charge is -1.99. The van der Waals surface area contributed by atoms with Gasteiger partial charge in [0.15, 0.2) is 0 Å². The zero-order valence-electron chi connectivity index (χ0n) is 11.2. The minimum atomic E-state index is 0.639. The lowest BCUT2D eigenvalue weighted by Crippen LogP contribution is -2.13. The molecular weight excluding hydrogens is 228 g/mol. The molecule has 0 amide bonds. The molecule has 18 heavy (non-hydrogen) atoms. The van der Waals surface area contributed by atoms with Gasteiger partial charge in [0.1, 0.15) is 24.0 Å². The molecule has 0 saturated heterocycles. The molecule has 0 spiro atoms. The molecule has 0 bridgehead atoms. The highest BCUT2D eigenvalue weighted by atomic mass is 16.3. The van der Waals surface area contributed by atoms with E-state index < -0.39 is 0 Å². The number of rotatable bonds is 6. The Morgan fingerprint density at radius 3 is 2.89 bits per heavy atom. The standard InChI is InChI=1S/C13H20N4O/c1-4-5-14-7-12-6-13(18-9-12)8-17-11(3)15-10(2)16-17/h6,9,14H,4-5,7-8H2,1-3H3. The number of aromatic nitrogens is 3. The third kappa shape index (κ3) is 3.20. The summed E-state index contributed by atoms with van der Waals surface area (Å²) in [5.41, 5.74) is 1.17. The van der Waals surface area contributed by atoms with Crippen LogP contribution in [-0.2, 0) is 13.1 Å². The number of nitrogens with one attached hydrogen (secondary N) is 1. The maximum Gasteiger partial charge on any atom is 0.147 e. The third-order valence-electron chi connectivity index (χ3n) is 2.73. The van der Waals surface area contributed by atoms with Crippen LogP contribution in [0.5, 0.6) is 0 Å². The minimum Gasteiger partial charge on any atom is -0.467 e. The molecule has 0 radical (unpaired) electrons. The summed E-state index contributed by atoms with van der Waals surface area (Å²) < 4.78 is 7.39. The van der Waals surface area contributed by atoms with Gasteiger partial charge in [-0.05, 0) is 32.9 Å². The topological polar surface area (TPSA) is 55.9 Å². The third-order valence-corrected chi connectivity index (χ3v) is 2.73. The molecule has 0 atom stereocenters. The molecule has 0 aliphatic carbocycles. The van der Waals surface area contributed by atoms with Crippen LogP contribution in [0, 0.1) is 13.8 Å². The van der Waals surface area contributed by atoms with Gasteiger partial charge in [0.2, 0.25) is 0 Å². The highest BCUT2D eigenvalue weighted by molar-refractivity contribution is 5.13. The van der Waals surface area contributed by atoms with Gasteiger partial charge in [0.25, 0.3) is 0 Å². The Hall–Kier alpha value is -1.62. The van der Waals surface area contributed by atoms with Gasteiger partial charge in [0.05, 0.1) is 6.26 Å². The second kappa shape index (κ2) is 5.82. The minimum absolute atomic E-state index is 0.639. The van der Waals surface area contributed by atoms with E-state index in [0.717, 1.165) is 36.9 Å². The first-order valence-corrected chi connectivity index (χ1v) is 6.34. The van der Waals surface area contributed by atoms with Crippen LogP contribution < -0.4 is 5.32 Å². The quantitative estimate of drug-likeness (QED) is 0.795. The number of nitrogens with zero attached hydrogens (tertiary/aromatic N) is 3. The van der Waals surface area contributed by atoms with Crippen LogP contribution in [0.4, 0.5) is 0 Å². The van der Waals surface area contributed by atoms with Gasteiger partial charge in [-0.1, -0.05) is 6.92 Å². The van der Waals surface area contributed by atoms with Gasteiger partial charge in [-0.25, -0.2) is 9.67 Å². The predicted molar refractivity (Wildman–Crippen MR) is 69.3 cm³/mol. The number of hydrogen-bond donors (Lipinski definition) is 1. The molecule has 0 aromatic carbocycles. The van der Waals surface area contributed by atoms with Crippen molar-refractivity contribution in [3.8, 4) is 0 Å². The van der Waals surface area contributed by atoms with E-state index in [1.807, 2.05) is 18.5 Å². The molecule has 5 nitrogen and oxygen atoms in total. The molecule has 2 rings (SSSR count). The SMILES string of the molecule is CCCNCc1coc(Cn2nc(C)nc2C)c1. The maximum atomic E-state index is 5.53. The lowest BCUT2D eigenvalue weighted by molar-refractivity contribution is 0.473. The smallest absolute Gasteiger partial charge is 0.147 e. The fraction of sp³-hybridized carbons (Fsp3) is 0.538. The average molecular weight is 248 g/mol. The highest BCUT2D eigenvalue weighted by Gasteiger charge is 2.07. The Morgan fingerprint density at radius 2 is 2.22 bits per heavy atom. The van der Waals surface area contributed by atoms with E-state index in [-0.39, 0.29) is 0 Å². The Morgan fingerprint density at radius 1 is 1.39 bits per heavy atom. The average Bonchev–Trinajstić information content (AvgIpc) is 2.88. The summed E-state index contributed by atoms with van der Waals surface area (Å²) in [7, 11) is 0. The lowest BCUT2D eigenvalue weighted by atomic mass is 10.3. The van der Waals surface area contributed by atoms with Crippen LogP contribution in [0.3, 0.4) is 0 Å². The van der Waals surface area contributed by atoms with Gasteiger partial charge in [0, 0.05) is 12.1 Å². The largest absolute Gasteiger partial charge is 0.467 e.